The Hall–Kier alpha value is -3.93. The number of likely N-dealkylation sites (tertiary alicyclic amines) is 1. The Morgan fingerprint density at radius 3 is 2.14 bits per heavy atom. The van der Waals surface area contributed by atoms with Gasteiger partial charge in [-0.1, -0.05) is 57.2 Å². The number of ketones is 1. The number of aliphatic hydroxyl groups is 1. The first kappa shape index (κ1) is 26.1. The largest absolute Gasteiger partial charge is 0.507 e. The summed E-state index contributed by atoms with van der Waals surface area (Å²) in [5.41, 5.74) is 3.11. The number of hydrogen-bond donors (Lipinski definition) is 1. The van der Waals surface area contributed by atoms with E-state index in [-0.39, 0.29) is 29.1 Å². The predicted octanol–water partition coefficient (Wildman–Crippen LogP) is 6.19. The first-order valence-electron chi connectivity index (χ1n) is 12.5. The highest BCUT2D eigenvalue weighted by Crippen LogP contribution is 2.40. The lowest BCUT2D eigenvalue weighted by molar-refractivity contribution is -0.139. The first-order chi connectivity index (χ1) is 17.6. The van der Waals surface area contributed by atoms with Crippen LogP contribution in [0.2, 0.25) is 0 Å². The van der Waals surface area contributed by atoms with E-state index >= 15 is 0 Å². The van der Waals surface area contributed by atoms with Crippen molar-refractivity contribution in [1.29, 1.82) is 0 Å². The van der Waals surface area contributed by atoms with Crippen LogP contribution in [0.3, 0.4) is 0 Å². The number of ether oxygens (including phenoxy) is 1. The number of halogens is 1. The Balaban J connectivity index is 1.76. The Bertz CT molecular complexity index is 1300. The van der Waals surface area contributed by atoms with E-state index in [9.17, 15) is 19.1 Å². The molecular formula is C31H32FNO4. The van der Waals surface area contributed by atoms with E-state index in [2.05, 4.69) is 20.8 Å². The zero-order valence-electron chi connectivity index (χ0n) is 21.6. The van der Waals surface area contributed by atoms with Gasteiger partial charge in [-0.15, -0.1) is 0 Å². The monoisotopic (exact) mass is 501 g/mol. The summed E-state index contributed by atoms with van der Waals surface area (Å²) >= 11 is 0. The second kappa shape index (κ2) is 10.6. The van der Waals surface area contributed by atoms with Crippen LogP contribution in [0.1, 0.15) is 56.0 Å². The molecule has 4 rings (SSSR count). The lowest BCUT2D eigenvalue weighted by atomic mass is 9.85. The molecular weight excluding hydrogens is 469 g/mol. The fourth-order valence-corrected chi connectivity index (χ4v) is 4.55. The minimum Gasteiger partial charge on any atom is -0.507 e. The van der Waals surface area contributed by atoms with Gasteiger partial charge in [0.2, 0.25) is 0 Å². The Labute approximate surface area is 217 Å². The molecule has 1 saturated heterocycles. The summed E-state index contributed by atoms with van der Waals surface area (Å²) in [4.78, 5) is 28.0. The van der Waals surface area contributed by atoms with Crippen LogP contribution >= 0.6 is 0 Å². The summed E-state index contributed by atoms with van der Waals surface area (Å²) in [5.74, 6) is -1.31. The molecule has 3 aromatic rings. The number of rotatable bonds is 7. The second-order valence-electron chi connectivity index (χ2n) is 10.2. The summed E-state index contributed by atoms with van der Waals surface area (Å²) < 4.78 is 18.8. The minimum absolute atomic E-state index is 0.0526. The molecule has 1 N–H and O–H groups in total. The quantitative estimate of drug-likeness (QED) is 0.238. The number of Topliss-reactive ketones (excluding diaryl/α,β-unsaturated/α-hetero) is 1. The third kappa shape index (κ3) is 5.58. The fraction of sp³-hybridized carbons (Fsp3) is 0.290. The lowest BCUT2D eigenvalue weighted by Crippen LogP contribution is -2.31. The number of carbonyl (C=O) groups is 2. The van der Waals surface area contributed by atoms with E-state index in [0.29, 0.717) is 24.3 Å². The summed E-state index contributed by atoms with van der Waals surface area (Å²) in [6.45, 7) is 8.97. The number of hydrogen-bond acceptors (Lipinski definition) is 4. The van der Waals surface area contributed by atoms with Gasteiger partial charge < -0.3 is 14.7 Å². The van der Waals surface area contributed by atoms with Gasteiger partial charge in [0.15, 0.2) is 0 Å². The van der Waals surface area contributed by atoms with E-state index in [1.807, 2.05) is 31.2 Å². The average Bonchev–Trinajstić information content (AvgIpc) is 3.13. The van der Waals surface area contributed by atoms with Gasteiger partial charge in [0.05, 0.1) is 18.2 Å². The number of aliphatic hydroxyl groups excluding tert-OH is 1. The maximum Gasteiger partial charge on any atom is 0.295 e. The molecule has 5 nitrogen and oxygen atoms in total. The van der Waals surface area contributed by atoms with Crippen LogP contribution in [0.5, 0.6) is 5.75 Å². The van der Waals surface area contributed by atoms with Gasteiger partial charge in [0, 0.05) is 12.1 Å². The Morgan fingerprint density at radius 1 is 0.946 bits per heavy atom. The molecule has 37 heavy (non-hydrogen) atoms. The molecule has 1 unspecified atom stereocenters. The third-order valence-corrected chi connectivity index (χ3v) is 6.63. The van der Waals surface area contributed by atoms with Crippen LogP contribution in [0.4, 0.5) is 4.39 Å². The highest BCUT2D eigenvalue weighted by atomic mass is 19.1. The molecule has 1 heterocycles. The molecule has 0 radical (unpaired) electrons. The molecule has 0 spiro atoms. The molecule has 0 aromatic heterocycles. The third-order valence-electron chi connectivity index (χ3n) is 6.63. The molecule has 3 aromatic carbocycles. The van der Waals surface area contributed by atoms with Gasteiger partial charge in [0.25, 0.3) is 11.7 Å². The van der Waals surface area contributed by atoms with Crippen LogP contribution in [-0.4, -0.2) is 34.8 Å². The lowest BCUT2D eigenvalue weighted by Gasteiger charge is -2.26. The van der Waals surface area contributed by atoms with Crippen molar-refractivity contribution >= 4 is 17.4 Å². The number of benzene rings is 3. The van der Waals surface area contributed by atoms with Crippen molar-refractivity contribution in [1.82, 2.24) is 4.90 Å². The highest BCUT2D eigenvalue weighted by molar-refractivity contribution is 6.46. The summed E-state index contributed by atoms with van der Waals surface area (Å²) in [6.07, 6.45) is 0.437. The molecule has 1 amide bonds. The van der Waals surface area contributed by atoms with Crippen molar-refractivity contribution in [3.8, 4) is 5.75 Å². The summed E-state index contributed by atoms with van der Waals surface area (Å²) in [7, 11) is 0. The van der Waals surface area contributed by atoms with Crippen LogP contribution in [0.25, 0.3) is 5.76 Å². The molecule has 0 bridgehead atoms. The number of carbonyl (C=O) groups excluding carboxylic acids is 2. The Kier molecular flexibility index (Phi) is 7.48. The fourth-order valence-electron chi connectivity index (χ4n) is 4.55. The standard InChI is InChI=1S/C31H32FNO4/c1-5-37-25-16-10-22(11-17-25)28(34)26-27(21-8-12-23(13-9-21)31(2,3)4)33(30(36)29(26)35)19-18-20-6-14-24(32)15-7-20/h6-17,27,34H,5,18-19H2,1-4H3/b28-26-. The molecule has 1 fully saturated rings. The van der Waals surface area contributed by atoms with Gasteiger partial charge >= 0.3 is 0 Å². The zero-order chi connectivity index (χ0) is 26.7. The van der Waals surface area contributed by atoms with Crippen molar-refractivity contribution in [2.45, 2.75) is 45.6 Å². The van der Waals surface area contributed by atoms with Crippen molar-refractivity contribution in [3.63, 3.8) is 0 Å². The molecule has 0 saturated carbocycles. The molecule has 1 aliphatic heterocycles. The molecule has 1 aliphatic rings. The van der Waals surface area contributed by atoms with Crippen LogP contribution in [-0.2, 0) is 21.4 Å². The van der Waals surface area contributed by atoms with Crippen LogP contribution < -0.4 is 4.74 Å². The van der Waals surface area contributed by atoms with Gasteiger partial charge in [-0.2, -0.15) is 0 Å². The van der Waals surface area contributed by atoms with Crippen molar-refractivity contribution in [2.75, 3.05) is 13.2 Å². The van der Waals surface area contributed by atoms with Gasteiger partial charge in [-0.05, 0) is 71.8 Å². The molecule has 0 aliphatic carbocycles. The molecule has 1 atom stereocenters. The predicted molar refractivity (Wildman–Crippen MR) is 142 cm³/mol. The Morgan fingerprint density at radius 2 is 1.57 bits per heavy atom. The maximum atomic E-state index is 13.4. The normalized spacial score (nSPS) is 17.3. The second-order valence-corrected chi connectivity index (χ2v) is 10.2. The van der Waals surface area contributed by atoms with Crippen LogP contribution in [0.15, 0.2) is 78.4 Å². The smallest absolute Gasteiger partial charge is 0.295 e. The van der Waals surface area contributed by atoms with Gasteiger partial charge in [-0.25, -0.2) is 4.39 Å². The minimum atomic E-state index is -0.749. The molecule has 6 heteroatoms. The van der Waals surface area contributed by atoms with Crippen molar-refractivity contribution in [2.24, 2.45) is 0 Å². The van der Waals surface area contributed by atoms with E-state index in [4.69, 9.17) is 4.74 Å². The van der Waals surface area contributed by atoms with E-state index in [1.54, 1.807) is 36.4 Å². The summed E-state index contributed by atoms with van der Waals surface area (Å²) in [6, 6.07) is 19.9. The maximum absolute atomic E-state index is 13.4. The number of nitrogens with zero attached hydrogens (tertiary/aromatic N) is 1. The average molecular weight is 502 g/mol. The van der Waals surface area contributed by atoms with Gasteiger partial charge in [-0.3, -0.25) is 9.59 Å². The first-order valence-corrected chi connectivity index (χ1v) is 12.5. The van der Waals surface area contributed by atoms with Crippen molar-refractivity contribution in [3.05, 3.63) is 106 Å². The van der Waals surface area contributed by atoms with E-state index in [1.165, 1.54) is 17.0 Å². The van der Waals surface area contributed by atoms with Gasteiger partial charge in [0.1, 0.15) is 17.3 Å². The van der Waals surface area contributed by atoms with E-state index < -0.39 is 17.7 Å². The topological polar surface area (TPSA) is 66.8 Å². The van der Waals surface area contributed by atoms with Crippen molar-refractivity contribution < 1.29 is 23.8 Å². The highest BCUT2D eigenvalue weighted by Gasteiger charge is 2.45. The summed E-state index contributed by atoms with van der Waals surface area (Å²) in [5, 5.41) is 11.3. The molecule has 192 valence electrons. The van der Waals surface area contributed by atoms with Crippen LogP contribution in [0, 0.1) is 5.82 Å². The zero-order valence-corrected chi connectivity index (χ0v) is 21.6. The number of amides is 1. The van der Waals surface area contributed by atoms with E-state index in [0.717, 1.165) is 16.7 Å². The SMILES string of the molecule is CCOc1ccc(/C(O)=C2/C(=O)C(=O)N(CCc3ccc(F)cc3)C2c2ccc(C(C)(C)C)cc2)cc1.